The number of nitrogens with zero attached hydrogens (tertiary/aromatic N) is 3. The van der Waals surface area contributed by atoms with Crippen LogP contribution in [-0.4, -0.2) is 53.4 Å². The molecule has 1 amide bonds. The molecular weight excluding hydrogens is 432 g/mol. The second-order valence-electron chi connectivity index (χ2n) is 6.98. The van der Waals surface area contributed by atoms with Gasteiger partial charge in [0.1, 0.15) is 5.82 Å². The lowest BCUT2D eigenvalue weighted by Crippen LogP contribution is -2.20. The lowest BCUT2D eigenvalue weighted by Gasteiger charge is -2.13. The SMILES string of the molecule is COc1ccc(CSCC(=O)Nc2cc(C)nn2C2CCS(=O)(=O)C2)cc1[N+](=O)[O-]. The summed E-state index contributed by atoms with van der Waals surface area (Å²) in [5, 5.41) is 18.2. The molecule has 1 fully saturated rings. The quantitative estimate of drug-likeness (QED) is 0.475. The predicted molar refractivity (Wildman–Crippen MR) is 114 cm³/mol. The highest BCUT2D eigenvalue weighted by molar-refractivity contribution is 7.99. The molecule has 0 radical (unpaired) electrons. The molecule has 1 atom stereocenters. The standard InChI is InChI=1S/C18H22N4O6S2/c1-12-7-17(21(20-12)14-5-6-30(26,27)11-14)19-18(23)10-29-9-13-3-4-16(28-2)15(8-13)22(24)25/h3-4,7-8,14H,5-6,9-11H2,1-2H3,(H,19,23). The summed E-state index contributed by atoms with van der Waals surface area (Å²) < 4.78 is 30.1. The number of ether oxygens (including phenoxy) is 1. The number of amides is 1. The number of benzene rings is 1. The van der Waals surface area contributed by atoms with Crippen LogP contribution < -0.4 is 10.1 Å². The minimum atomic E-state index is -3.07. The van der Waals surface area contributed by atoms with E-state index in [2.05, 4.69) is 10.4 Å². The van der Waals surface area contributed by atoms with E-state index in [0.717, 1.165) is 0 Å². The lowest BCUT2D eigenvalue weighted by atomic mass is 10.2. The molecule has 162 valence electrons. The Balaban J connectivity index is 1.58. The zero-order chi connectivity index (χ0) is 21.9. The van der Waals surface area contributed by atoms with Crippen molar-refractivity contribution in [2.24, 2.45) is 0 Å². The van der Waals surface area contributed by atoms with Gasteiger partial charge in [-0.2, -0.15) is 5.10 Å². The zero-order valence-corrected chi connectivity index (χ0v) is 18.2. The molecular formula is C18H22N4O6S2. The molecule has 0 saturated carbocycles. The van der Waals surface area contributed by atoms with Crippen molar-refractivity contribution in [2.75, 3.05) is 29.7 Å². The fourth-order valence-corrected chi connectivity index (χ4v) is 5.73. The number of nitrogens with one attached hydrogen (secondary N) is 1. The Kier molecular flexibility index (Phi) is 6.66. The summed E-state index contributed by atoms with van der Waals surface area (Å²) in [6.07, 6.45) is 0.470. The number of nitro benzene ring substituents is 1. The lowest BCUT2D eigenvalue weighted by molar-refractivity contribution is -0.385. The van der Waals surface area contributed by atoms with Crippen molar-refractivity contribution >= 4 is 39.0 Å². The summed E-state index contributed by atoms with van der Waals surface area (Å²) >= 11 is 1.31. The summed E-state index contributed by atoms with van der Waals surface area (Å²) in [4.78, 5) is 23.0. The van der Waals surface area contributed by atoms with Crippen molar-refractivity contribution in [1.29, 1.82) is 0 Å². The van der Waals surface area contributed by atoms with Crippen LogP contribution in [0.1, 0.15) is 23.7 Å². The van der Waals surface area contributed by atoms with Gasteiger partial charge in [-0.1, -0.05) is 6.07 Å². The van der Waals surface area contributed by atoms with Gasteiger partial charge in [0, 0.05) is 17.9 Å². The summed E-state index contributed by atoms with van der Waals surface area (Å²) in [7, 11) is -1.70. The highest BCUT2D eigenvalue weighted by Crippen LogP contribution is 2.29. The predicted octanol–water partition coefficient (Wildman–Crippen LogP) is 2.34. The first-order valence-corrected chi connectivity index (χ1v) is 12.1. The molecule has 2 aromatic rings. The molecule has 1 aliphatic heterocycles. The molecule has 2 heterocycles. The molecule has 1 aliphatic rings. The Labute approximate surface area is 178 Å². The van der Waals surface area contributed by atoms with E-state index in [9.17, 15) is 23.3 Å². The number of methoxy groups -OCH3 is 1. The third-order valence-corrected chi connectivity index (χ3v) is 7.38. The molecule has 0 bridgehead atoms. The smallest absolute Gasteiger partial charge is 0.311 e. The minimum absolute atomic E-state index is 0.0159. The number of thioether (sulfide) groups is 1. The van der Waals surface area contributed by atoms with Crippen LogP contribution in [0.15, 0.2) is 24.3 Å². The maximum Gasteiger partial charge on any atom is 0.311 e. The molecule has 1 saturated heterocycles. The average Bonchev–Trinajstić information content (AvgIpc) is 3.22. The number of carbonyl (C=O) groups excluding carboxylic acids is 1. The molecule has 30 heavy (non-hydrogen) atoms. The molecule has 1 aromatic carbocycles. The van der Waals surface area contributed by atoms with Crippen LogP contribution >= 0.6 is 11.8 Å². The highest BCUT2D eigenvalue weighted by atomic mass is 32.2. The first-order valence-electron chi connectivity index (χ1n) is 9.14. The number of sulfone groups is 1. The van der Waals surface area contributed by atoms with Gasteiger partial charge in [0.05, 0.1) is 41.0 Å². The number of aryl methyl sites for hydroxylation is 1. The minimum Gasteiger partial charge on any atom is -0.490 e. The van der Waals surface area contributed by atoms with Gasteiger partial charge in [0.2, 0.25) is 5.91 Å². The average molecular weight is 455 g/mol. The van der Waals surface area contributed by atoms with E-state index in [0.29, 0.717) is 29.2 Å². The summed E-state index contributed by atoms with van der Waals surface area (Å²) in [6, 6.07) is 6.11. The van der Waals surface area contributed by atoms with E-state index in [4.69, 9.17) is 4.74 Å². The number of aromatic nitrogens is 2. The van der Waals surface area contributed by atoms with E-state index < -0.39 is 14.8 Å². The van der Waals surface area contributed by atoms with Gasteiger partial charge in [0.15, 0.2) is 15.6 Å². The molecule has 1 aromatic heterocycles. The number of rotatable bonds is 8. The van der Waals surface area contributed by atoms with E-state index in [1.165, 1.54) is 31.0 Å². The molecule has 10 nitrogen and oxygen atoms in total. The zero-order valence-electron chi connectivity index (χ0n) is 16.5. The van der Waals surface area contributed by atoms with Gasteiger partial charge in [-0.3, -0.25) is 14.9 Å². The van der Waals surface area contributed by atoms with Crippen LogP contribution in [0.5, 0.6) is 5.75 Å². The van der Waals surface area contributed by atoms with Crippen molar-refractivity contribution in [3.05, 3.63) is 45.6 Å². The second kappa shape index (κ2) is 9.04. The van der Waals surface area contributed by atoms with Crippen LogP contribution in [0.2, 0.25) is 0 Å². The van der Waals surface area contributed by atoms with Gasteiger partial charge in [-0.25, -0.2) is 13.1 Å². The number of hydrogen-bond acceptors (Lipinski definition) is 8. The normalized spacial score (nSPS) is 17.6. The van der Waals surface area contributed by atoms with Gasteiger partial charge in [-0.15, -0.1) is 11.8 Å². The van der Waals surface area contributed by atoms with Crippen LogP contribution in [0, 0.1) is 17.0 Å². The Morgan fingerprint density at radius 1 is 1.43 bits per heavy atom. The van der Waals surface area contributed by atoms with Gasteiger partial charge in [-0.05, 0) is 25.0 Å². The maximum atomic E-state index is 12.4. The van der Waals surface area contributed by atoms with Crippen LogP contribution in [0.25, 0.3) is 0 Å². The molecule has 0 aliphatic carbocycles. The molecule has 1 N–H and O–H groups in total. The summed E-state index contributed by atoms with van der Waals surface area (Å²) in [6.45, 7) is 1.78. The van der Waals surface area contributed by atoms with E-state index in [1.807, 2.05) is 0 Å². The third kappa shape index (κ3) is 5.30. The first kappa shape index (κ1) is 22.1. The number of hydrogen-bond donors (Lipinski definition) is 1. The maximum absolute atomic E-state index is 12.4. The van der Waals surface area contributed by atoms with Gasteiger partial charge in [0.25, 0.3) is 0 Å². The summed E-state index contributed by atoms with van der Waals surface area (Å²) in [5.74, 6) is 1.08. The van der Waals surface area contributed by atoms with Crippen LogP contribution in [-0.2, 0) is 20.4 Å². The molecule has 0 spiro atoms. The fourth-order valence-electron chi connectivity index (χ4n) is 3.27. The molecule has 12 heteroatoms. The van der Waals surface area contributed by atoms with Crippen molar-refractivity contribution in [3.8, 4) is 5.75 Å². The van der Waals surface area contributed by atoms with Crippen LogP contribution in [0.4, 0.5) is 11.5 Å². The van der Waals surface area contributed by atoms with Crippen LogP contribution in [0.3, 0.4) is 0 Å². The Morgan fingerprint density at radius 3 is 2.83 bits per heavy atom. The Hall–Kier alpha value is -2.60. The topological polar surface area (TPSA) is 133 Å². The second-order valence-corrected chi connectivity index (χ2v) is 10.2. The summed E-state index contributed by atoms with van der Waals surface area (Å²) in [5.41, 5.74) is 1.27. The molecule has 3 rings (SSSR count). The number of nitro groups is 1. The Bertz CT molecular complexity index is 1070. The third-order valence-electron chi connectivity index (χ3n) is 4.62. The van der Waals surface area contributed by atoms with E-state index >= 15 is 0 Å². The first-order chi connectivity index (χ1) is 14.2. The largest absolute Gasteiger partial charge is 0.490 e. The van der Waals surface area contributed by atoms with Crippen molar-refractivity contribution in [1.82, 2.24) is 9.78 Å². The highest BCUT2D eigenvalue weighted by Gasteiger charge is 2.31. The van der Waals surface area contributed by atoms with Gasteiger partial charge >= 0.3 is 5.69 Å². The molecule has 1 unspecified atom stereocenters. The van der Waals surface area contributed by atoms with Crippen molar-refractivity contribution in [3.63, 3.8) is 0 Å². The monoisotopic (exact) mass is 454 g/mol. The van der Waals surface area contributed by atoms with E-state index in [-0.39, 0.29) is 40.6 Å². The number of anilines is 1. The van der Waals surface area contributed by atoms with Crippen molar-refractivity contribution in [2.45, 2.75) is 25.1 Å². The Morgan fingerprint density at radius 2 is 2.20 bits per heavy atom. The number of carbonyl (C=O) groups is 1. The van der Waals surface area contributed by atoms with Crippen molar-refractivity contribution < 1.29 is 22.9 Å². The van der Waals surface area contributed by atoms with E-state index in [1.54, 1.807) is 23.7 Å². The van der Waals surface area contributed by atoms with Gasteiger partial charge < -0.3 is 10.1 Å². The fraction of sp³-hybridized carbons (Fsp3) is 0.444.